The third kappa shape index (κ3) is 1.81. The van der Waals surface area contributed by atoms with Gasteiger partial charge in [-0.3, -0.25) is 0 Å². The van der Waals surface area contributed by atoms with Gasteiger partial charge in [0.2, 0.25) is 5.28 Å². The Bertz CT molecular complexity index is 691. The summed E-state index contributed by atoms with van der Waals surface area (Å²) in [5.41, 5.74) is 3.08. The number of fused-ring (bicyclic) bond motifs is 1. The Kier molecular flexibility index (Phi) is 2.57. The van der Waals surface area contributed by atoms with E-state index in [4.69, 9.17) is 11.6 Å². The molecule has 3 aromatic rings. The molecule has 17 heavy (non-hydrogen) atoms. The lowest BCUT2D eigenvalue weighted by Gasteiger charge is -2.06. The van der Waals surface area contributed by atoms with Gasteiger partial charge < -0.3 is 0 Å². The minimum absolute atomic E-state index is 0.291. The molecular formula is C13H9ClN2S. The number of rotatable bonds is 1. The summed E-state index contributed by atoms with van der Waals surface area (Å²) in [5, 5.41) is 3.62. The fourth-order valence-electron chi connectivity index (χ4n) is 1.87. The average molecular weight is 261 g/mol. The fourth-order valence-corrected chi connectivity index (χ4v) is 2.92. The highest BCUT2D eigenvalue weighted by Crippen LogP contribution is 2.33. The normalized spacial score (nSPS) is 10.9. The van der Waals surface area contributed by atoms with Crippen LogP contribution in [0.25, 0.3) is 21.3 Å². The van der Waals surface area contributed by atoms with Crippen molar-refractivity contribution in [2.75, 3.05) is 0 Å². The quantitative estimate of drug-likeness (QED) is 0.609. The lowest BCUT2D eigenvalue weighted by atomic mass is 10.1. The fraction of sp³-hybridized carbons (Fsp3) is 0.0769. The van der Waals surface area contributed by atoms with E-state index in [2.05, 4.69) is 33.5 Å². The zero-order valence-electron chi connectivity index (χ0n) is 9.14. The van der Waals surface area contributed by atoms with Gasteiger partial charge in [0.15, 0.2) is 0 Å². The van der Waals surface area contributed by atoms with Gasteiger partial charge in [0.1, 0.15) is 0 Å². The molecule has 2 aromatic heterocycles. The summed E-state index contributed by atoms with van der Waals surface area (Å²) in [6, 6.07) is 8.33. The Labute approximate surface area is 108 Å². The summed E-state index contributed by atoms with van der Waals surface area (Å²) in [7, 11) is 0. The first kappa shape index (κ1) is 10.7. The molecule has 2 nitrogen and oxygen atoms in total. The summed E-state index contributed by atoms with van der Waals surface area (Å²) in [5.74, 6) is 0. The molecule has 2 heterocycles. The molecule has 0 atom stereocenters. The number of hydrogen-bond acceptors (Lipinski definition) is 3. The molecule has 0 saturated carbocycles. The van der Waals surface area contributed by atoms with Crippen molar-refractivity contribution in [3.63, 3.8) is 0 Å². The van der Waals surface area contributed by atoms with Crippen LogP contribution in [-0.2, 0) is 0 Å². The SMILES string of the molecule is Cc1cnc(Cl)nc1-c1cccc2ccsc12. The van der Waals surface area contributed by atoms with Gasteiger partial charge in [0.25, 0.3) is 0 Å². The summed E-state index contributed by atoms with van der Waals surface area (Å²) in [6.45, 7) is 2.00. The third-order valence-corrected chi connectivity index (χ3v) is 3.82. The molecule has 0 aliphatic rings. The second kappa shape index (κ2) is 4.09. The highest BCUT2D eigenvalue weighted by Gasteiger charge is 2.09. The molecule has 0 fully saturated rings. The van der Waals surface area contributed by atoms with Crippen molar-refractivity contribution in [1.29, 1.82) is 0 Å². The minimum Gasteiger partial charge on any atom is -0.226 e. The van der Waals surface area contributed by atoms with Crippen LogP contribution in [0.15, 0.2) is 35.8 Å². The van der Waals surface area contributed by atoms with Gasteiger partial charge in [-0.1, -0.05) is 18.2 Å². The third-order valence-electron chi connectivity index (χ3n) is 2.68. The number of thiophene rings is 1. The zero-order valence-corrected chi connectivity index (χ0v) is 10.7. The summed E-state index contributed by atoms with van der Waals surface area (Å²) >= 11 is 7.59. The maximum absolute atomic E-state index is 5.87. The lowest BCUT2D eigenvalue weighted by Crippen LogP contribution is -1.91. The van der Waals surface area contributed by atoms with Crippen molar-refractivity contribution in [3.05, 3.63) is 46.7 Å². The van der Waals surface area contributed by atoms with Gasteiger partial charge in [-0.2, -0.15) is 0 Å². The van der Waals surface area contributed by atoms with Crippen molar-refractivity contribution in [2.45, 2.75) is 6.92 Å². The van der Waals surface area contributed by atoms with E-state index in [0.29, 0.717) is 5.28 Å². The maximum atomic E-state index is 5.87. The molecule has 0 aliphatic carbocycles. The number of halogens is 1. The largest absolute Gasteiger partial charge is 0.226 e. The van der Waals surface area contributed by atoms with Crippen LogP contribution in [0.1, 0.15) is 5.56 Å². The van der Waals surface area contributed by atoms with Gasteiger partial charge in [0.05, 0.1) is 5.69 Å². The molecule has 0 bridgehead atoms. The van der Waals surface area contributed by atoms with Crippen LogP contribution in [-0.4, -0.2) is 9.97 Å². The van der Waals surface area contributed by atoms with E-state index in [1.807, 2.05) is 13.0 Å². The first-order valence-electron chi connectivity index (χ1n) is 5.21. The molecule has 0 aliphatic heterocycles. The molecule has 0 spiro atoms. The van der Waals surface area contributed by atoms with E-state index in [1.54, 1.807) is 17.5 Å². The number of aromatic nitrogens is 2. The molecule has 3 rings (SSSR count). The Hall–Kier alpha value is -1.45. The first-order chi connectivity index (χ1) is 8.25. The molecule has 0 radical (unpaired) electrons. The number of nitrogens with zero attached hydrogens (tertiary/aromatic N) is 2. The molecule has 0 saturated heterocycles. The summed E-state index contributed by atoms with van der Waals surface area (Å²) in [4.78, 5) is 8.32. The van der Waals surface area contributed by atoms with Crippen molar-refractivity contribution < 1.29 is 0 Å². The number of benzene rings is 1. The van der Waals surface area contributed by atoms with Crippen LogP contribution in [0, 0.1) is 6.92 Å². The van der Waals surface area contributed by atoms with E-state index < -0.39 is 0 Å². The molecule has 1 aromatic carbocycles. The van der Waals surface area contributed by atoms with Crippen molar-refractivity contribution >= 4 is 33.0 Å². The standard InChI is InChI=1S/C13H9ClN2S/c1-8-7-15-13(14)16-11(8)10-4-2-3-9-5-6-17-12(9)10/h2-7H,1H3. The van der Waals surface area contributed by atoms with Gasteiger partial charge in [0, 0.05) is 16.5 Å². The van der Waals surface area contributed by atoms with Crippen molar-refractivity contribution in [1.82, 2.24) is 9.97 Å². The van der Waals surface area contributed by atoms with E-state index >= 15 is 0 Å². The van der Waals surface area contributed by atoms with E-state index in [-0.39, 0.29) is 0 Å². The molecule has 4 heteroatoms. The predicted molar refractivity (Wildman–Crippen MR) is 72.6 cm³/mol. The monoisotopic (exact) mass is 260 g/mol. The van der Waals surface area contributed by atoms with E-state index in [1.165, 1.54) is 10.1 Å². The molecule has 0 unspecified atom stereocenters. The summed E-state index contributed by atoms with van der Waals surface area (Å²) in [6.07, 6.45) is 1.76. The van der Waals surface area contributed by atoms with Crippen LogP contribution in [0.5, 0.6) is 0 Å². The topological polar surface area (TPSA) is 25.8 Å². The highest BCUT2D eigenvalue weighted by molar-refractivity contribution is 7.17. The Balaban J connectivity index is 2.34. The van der Waals surface area contributed by atoms with Crippen LogP contribution in [0.4, 0.5) is 0 Å². The van der Waals surface area contributed by atoms with Crippen LogP contribution in [0.3, 0.4) is 0 Å². The number of aryl methyl sites for hydroxylation is 1. The Morgan fingerprint density at radius 3 is 3.00 bits per heavy atom. The lowest BCUT2D eigenvalue weighted by molar-refractivity contribution is 1.14. The Morgan fingerprint density at radius 2 is 2.12 bits per heavy atom. The Morgan fingerprint density at radius 1 is 1.24 bits per heavy atom. The molecule has 0 N–H and O–H groups in total. The second-order valence-corrected chi connectivity index (χ2v) is 5.07. The average Bonchev–Trinajstić information content (AvgIpc) is 2.80. The molecule has 0 amide bonds. The van der Waals surface area contributed by atoms with Gasteiger partial charge in [-0.15, -0.1) is 11.3 Å². The van der Waals surface area contributed by atoms with Crippen LogP contribution in [0.2, 0.25) is 5.28 Å². The zero-order chi connectivity index (χ0) is 11.8. The maximum Gasteiger partial charge on any atom is 0.222 e. The van der Waals surface area contributed by atoms with Crippen molar-refractivity contribution in [3.8, 4) is 11.3 Å². The highest BCUT2D eigenvalue weighted by atomic mass is 35.5. The van der Waals surface area contributed by atoms with Crippen LogP contribution >= 0.6 is 22.9 Å². The van der Waals surface area contributed by atoms with Crippen LogP contribution < -0.4 is 0 Å². The second-order valence-electron chi connectivity index (χ2n) is 3.82. The van der Waals surface area contributed by atoms with Gasteiger partial charge in [-0.25, -0.2) is 9.97 Å². The van der Waals surface area contributed by atoms with Crippen molar-refractivity contribution in [2.24, 2.45) is 0 Å². The smallest absolute Gasteiger partial charge is 0.222 e. The first-order valence-corrected chi connectivity index (χ1v) is 6.47. The van der Waals surface area contributed by atoms with E-state index in [0.717, 1.165) is 16.8 Å². The molecular weight excluding hydrogens is 252 g/mol. The predicted octanol–water partition coefficient (Wildman–Crippen LogP) is 4.32. The van der Waals surface area contributed by atoms with E-state index in [9.17, 15) is 0 Å². The van der Waals surface area contributed by atoms with Gasteiger partial charge in [-0.05, 0) is 40.9 Å². The minimum atomic E-state index is 0.291. The number of hydrogen-bond donors (Lipinski definition) is 0. The van der Waals surface area contributed by atoms with Gasteiger partial charge >= 0.3 is 0 Å². The summed E-state index contributed by atoms with van der Waals surface area (Å²) < 4.78 is 1.24. The molecule has 84 valence electrons.